The molecule has 28 heavy (non-hydrogen) atoms. The second-order valence-corrected chi connectivity index (χ2v) is 8.72. The van der Waals surface area contributed by atoms with E-state index in [4.69, 9.17) is 4.74 Å². The number of fused-ring (bicyclic) bond motifs is 1. The molecule has 2 aromatic carbocycles. The van der Waals surface area contributed by atoms with Gasteiger partial charge in [0, 0.05) is 37.2 Å². The van der Waals surface area contributed by atoms with E-state index in [2.05, 4.69) is 22.7 Å². The maximum Gasteiger partial charge on any atom is 0.271 e. The second-order valence-electron chi connectivity index (χ2n) is 6.79. The number of hydrazone groups is 1. The number of benzene rings is 2. The Hall–Kier alpha value is -2.55. The van der Waals surface area contributed by atoms with Crippen molar-refractivity contribution in [3.63, 3.8) is 0 Å². The van der Waals surface area contributed by atoms with Gasteiger partial charge in [0.1, 0.15) is 0 Å². The molecule has 4 rings (SSSR count). The minimum absolute atomic E-state index is 0.1000. The average Bonchev–Trinajstić information content (AvgIpc) is 3.16. The molecule has 1 amide bonds. The van der Waals surface area contributed by atoms with Crippen molar-refractivity contribution in [2.45, 2.75) is 17.7 Å². The molecule has 7 nitrogen and oxygen atoms in total. The Morgan fingerprint density at radius 3 is 2.36 bits per heavy atom. The van der Waals surface area contributed by atoms with Crippen LogP contribution in [0, 0.1) is 0 Å². The molecule has 0 bridgehead atoms. The van der Waals surface area contributed by atoms with Gasteiger partial charge in [-0.15, -0.1) is 0 Å². The van der Waals surface area contributed by atoms with Crippen molar-refractivity contribution in [3.05, 3.63) is 65.2 Å². The van der Waals surface area contributed by atoms with Gasteiger partial charge in [-0.05, 0) is 29.3 Å². The van der Waals surface area contributed by atoms with Gasteiger partial charge in [0.25, 0.3) is 5.91 Å². The van der Waals surface area contributed by atoms with Crippen molar-refractivity contribution < 1.29 is 17.9 Å². The molecule has 0 aromatic heterocycles. The zero-order valence-corrected chi connectivity index (χ0v) is 16.1. The summed E-state index contributed by atoms with van der Waals surface area (Å²) in [5.74, 6) is -0.428. The van der Waals surface area contributed by atoms with Crippen molar-refractivity contribution in [1.82, 2.24) is 9.73 Å². The van der Waals surface area contributed by atoms with Crippen LogP contribution in [0.1, 0.15) is 21.5 Å². The number of ether oxygens (including phenoxy) is 1. The quantitative estimate of drug-likeness (QED) is 0.791. The first-order valence-corrected chi connectivity index (χ1v) is 10.6. The van der Waals surface area contributed by atoms with E-state index in [1.807, 2.05) is 12.1 Å². The van der Waals surface area contributed by atoms with Gasteiger partial charge in [-0.2, -0.15) is 9.41 Å². The summed E-state index contributed by atoms with van der Waals surface area (Å²) >= 11 is 0. The van der Waals surface area contributed by atoms with Crippen molar-refractivity contribution >= 4 is 21.6 Å². The molecule has 0 spiro atoms. The molecule has 1 saturated heterocycles. The Balaban J connectivity index is 1.47. The number of hydrogen-bond acceptors (Lipinski definition) is 5. The summed E-state index contributed by atoms with van der Waals surface area (Å²) in [5, 5.41) is 4.24. The molecule has 1 N–H and O–H groups in total. The lowest BCUT2D eigenvalue weighted by Crippen LogP contribution is -2.40. The van der Waals surface area contributed by atoms with E-state index in [9.17, 15) is 13.2 Å². The van der Waals surface area contributed by atoms with Crippen LogP contribution in [0.15, 0.2) is 58.5 Å². The predicted octanol–water partition coefficient (Wildman–Crippen LogP) is 1.59. The third kappa shape index (κ3) is 3.84. The fraction of sp³-hybridized carbons (Fsp3) is 0.300. The van der Waals surface area contributed by atoms with Gasteiger partial charge >= 0.3 is 0 Å². The number of nitrogens with one attached hydrogen (secondary N) is 1. The van der Waals surface area contributed by atoms with Gasteiger partial charge in [-0.25, -0.2) is 13.8 Å². The Morgan fingerprint density at radius 1 is 1.00 bits per heavy atom. The normalized spacial score (nSPS) is 17.2. The largest absolute Gasteiger partial charge is 0.379 e. The highest BCUT2D eigenvalue weighted by molar-refractivity contribution is 7.89. The first kappa shape index (κ1) is 18.8. The molecule has 0 atom stereocenters. The van der Waals surface area contributed by atoms with Crippen molar-refractivity contribution in [2.75, 3.05) is 26.3 Å². The number of carbonyl (C=O) groups is 1. The first-order valence-electron chi connectivity index (χ1n) is 9.14. The summed E-state index contributed by atoms with van der Waals surface area (Å²) in [5.41, 5.74) is 6.13. The predicted molar refractivity (Wildman–Crippen MR) is 105 cm³/mol. The standard InChI is InChI=1S/C20H21N3O4S/c24-20(22-21-18-12-15-4-1-2-5-16(15)13-18)17-6-3-7-19(14-17)28(25,26)23-8-10-27-11-9-23/h1-7,14H,8-13H2,(H,22,24). The molecule has 1 fully saturated rings. The van der Waals surface area contributed by atoms with E-state index >= 15 is 0 Å². The number of amides is 1. The van der Waals surface area contributed by atoms with Crippen LogP contribution < -0.4 is 5.43 Å². The molecule has 1 aliphatic carbocycles. The fourth-order valence-electron chi connectivity index (χ4n) is 3.41. The molecular formula is C20H21N3O4S. The lowest BCUT2D eigenvalue weighted by molar-refractivity contribution is 0.0730. The summed E-state index contributed by atoms with van der Waals surface area (Å²) in [6.45, 7) is 1.37. The maximum atomic E-state index is 12.8. The van der Waals surface area contributed by atoms with Gasteiger partial charge in [-0.3, -0.25) is 4.79 Å². The summed E-state index contributed by atoms with van der Waals surface area (Å²) < 4.78 is 32.1. The van der Waals surface area contributed by atoms with Crippen molar-refractivity contribution in [3.8, 4) is 0 Å². The monoisotopic (exact) mass is 399 g/mol. The van der Waals surface area contributed by atoms with Gasteiger partial charge in [0.15, 0.2) is 0 Å². The van der Waals surface area contributed by atoms with E-state index in [-0.39, 0.29) is 10.5 Å². The van der Waals surface area contributed by atoms with Crippen LogP contribution in [0.4, 0.5) is 0 Å². The topological polar surface area (TPSA) is 88.1 Å². The molecule has 0 radical (unpaired) electrons. The van der Waals surface area contributed by atoms with Crippen molar-refractivity contribution in [2.24, 2.45) is 5.10 Å². The molecule has 1 aliphatic heterocycles. The Labute approximate surface area is 164 Å². The number of sulfonamides is 1. The van der Waals surface area contributed by atoms with Crippen LogP contribution in [0.25, 0.3) is 0 Å². The number of morpholine rings is 1. The summed E-state index contributed by atoms with van der Waals surface area (Å²) in [6.07, 6.45) is 1.42. The SMILES string of the molecule is O=C(NN=C1Cc2ccccc2C1)c1cccc(S(=O)(=O)N2CCOCC2)c1. The Bertz CT molecular complexity index is 1000. The van der Waals surface area contributed by atoms with Crippen LogP contribution in [0.3, 0.4) is 0 Å². The number of rotatable bonds is 4. The molecule has 1 heterocycles. The van der Waals surface area contributed by atoms with E-state index in [1.54, 1.807) is 12.1 Å². The summed E-state index contributed by atoms with van der Waals surface area (Å²) in [4.78, 5) is 12.6. The highest BCUT2D eigenvalue weighted by Gasteiger charge is 2.27. The smallest absolute Gasteiger partial charge is 0.271 e. The van der Waals surface area contributed by atoms with Crippen LogP contribution in [0.5, 0.6) is 0 Å². The summed E-state index contributed by atoms with van der Waals surface area (Å²) in [6, 6.07) is 14.1. The highest BCUT2D eigenvalue weighted by atomic mass is 32.2. The molecule has 0 unspecified atom stereocenters. The molecule has 0 saturated carbocycles. The molecule has 2 aliphatic rings. The third-order valence-corrected chi connectivity index (χ3v) is 6.82. The summed E-state index contributed by atoms with van der Waals surface area (Å²) in [7, 11) is -3.65. The number of carbonyl (C=O) groups excluding carboxylic acids is 1. The lowest BCUT2D eigenvalue weighted by Gasteiger charge is -2.26. The van der Waals surface area contributed by atoms with Gasteiger partial charge in [0.2, 0.25) is 10.0 Å². The van der Waals surface area contributed by atoms with Gasteiger partial charge in [-0.1, -0.05) is 30.3 Å². The number of nitrogens with zero attached hydrogens (tertiary/aromatic N) is 2. The molecule has 8 heteroatoms. The van der Waals surface area contributed by atoms with Gasteiger partial charge < -0.3 is 4.74 Å². The number of hydrogen-bond donors (Lipinski definition) is 1. The molecule has 2 aromatic rings. The minimum atomic E-state index is -3.65. The minimum Gasteiger partial charge on any atom is -0.379 e. The van der Waals surface area contributed by atoms with Crippen molar-refractivity contribution in [1.29, 1.82) is 0 Å². The average molecular weight is 399 g/mol. The zero-order chi connectivity index (χ0) is 19.6. The third-order valence-electron chi connectivity index (χ3n) is 4.93. The lowest BCUT2D eigenvalue weighted by atomic mass is 10.1. The maximum absolute atomic E-state index is 12.8. The van der Waals surface area contributed by atoms with E-state index < -0.39 is 15.9 Å². The Kier molecular flexibility index (Phi) is 5.25. The van der Waals surface area contributed by atoms with E-state index in [1.165, 1.54) is 27.6 Å². The first-order chi connectivity index (χ1) is 13.5. The Morgan fingerprint density at radius 2 is 1.68 bits per heavy atom. The van der Waals surface area contributed by atoms with Gasteiger partial charge in [0.05, 0.1) is 18.1 Å². The van der Waals surface area contributed by atoms with Crippen LogP contribution >= 0.6 is 0 Å². The van der Waals surface area contributed by atoms with E-state index in [0.717, 1.165) is 5.71 Å². The second kappa shape index (κ2) is 7.83. The van der Waals surface area contributed by atoms with Crippen LogP contribution in [-0.4, -0.2) is 50.6 Å². The van der Waals surface area contributed by atoms with E-state index in [0.29, 0.717) is 39.1 Å². The molecule has 146 valence electrons. The fourth-order valence-corrected chi connectivity index (χ4v) is 4.87. The highest BCUT2D eigenvalue weighted by Crippen LogP contribution is 2.20. The van der Waals surface area contributed by atoms with Crippen LogP contribution in [0.2, 0.25) is 0 Å². The zero-order valence-electron chi connectivity index (χ0n) is 15.3. The van der Waals surface area contributed by atoms with Crippen LogP contribution in [-0.2, 0) is 27.6 Å². The molecular weight excluding hydrogens is 378 g/mol.